The van der Waals surface area contributed by atoms with Crippen molar-refractivity contribution in [1.82, 2.24) is 15.0 Å². The molecule has 1 fully saturated rings. The number of hydrogen-bond donors (Lipinski definition) is 3. The number of aryl methyl sites for hydroxylation is 1. The van der Waals surface area contributed by atoms with E-state index >= 15 is 0 Å². The number of aromatic nitrogens is 2. The molecule has 1 saturated heterocycles. The van der Waals surface area contributed by atoms with Gasteiger partial charge in [-0.3, -0.25) is 5.41 Å². The van der Waals surface area contributed by atoms with Crippen LogP contribution in [-0.4, -0.2) is 21.5 Å². The van der Waals surface area contributed by atoms with Gasteiger partial charge in [-0.15, -0.1) is 0 Å². The maximum absolute atomic E-state index is 9.43. The molecule has 1 aliphatic heterocycles. The summed E-state index contributed by atoms with van der Waals surface area (Å²) in [6.45, 7) is 2.78. The summed E-state index contributed by atoms with van der Waals surface area (Å²) in [4.78, 5) is 4.12. The van der Waals surface area contributed by atoms with Crippen molar-refractivity contribution in [2.24, 2.45) is 0 Å². The second-order valence-corrected chi connectivity index (χ2v) is 4.31. The molecule has 0 bridgehead atoms. The molecule has 16 heavy (non-hydrogen) atoms. The first kappa shape index (κ1) is 11.1. The standard InChI is InChI=1S/C11H18N4O/c1-8-7-10(14-11(12)15(8)16)9-5-3-2-4-6-13-9/h7,9,12-13,16H,2-6H2,1H3. The van der Waals surface area contributed by atoms with Crippen LogP contribution in [-0.2, 0) is 0 Å². The van der Waals surface area contributed by atoms with E-state index < -0.39 is 0 Å². The van der Waals surface area contributed by atoms with Gasteiger partial charge >= 0.3 is 0 Å². The highest BCUT2D eigenvalue weighted by Crippen LogP contribution is 2.20. The minimum atomic E-state index is -0.0963. The lowest BCUT2D eigenvalue weighted by Crippen LogP contribution is -2.29. The smallest absolute Gasteiger partial charge is 0.255 e. The second kappa shape index (κ2) is 4.65. The third-order valence-corrected chi connectivity index (χ3v) is 3.04. The van der Waals surface area contributed by atoms with Crippen LogP contribution in [0.3, 0.4) is 0 Å². The number of nitrogens with zero attached hydrogens (tertiary/aromatic N) is 2. The third-order valence-electron chi connectivity index (χ3n) is 3.04. The SMILES string of the molecule is Cc1cc(C2CCCCCN2)nc(=N)n1O. The molecular formula is C11H18N4O. The van der Waals surface area contributed by atoms with Crippen molar-refractivity contribution in [3.05, 3.63) is 23.1 Å². The van der Waals surface area contributed by atoms with Crippen molar-refractivity contribution in [3.63, 3.8) is 0 Å². The van der Waals surface area contributed by atoms with E-state index in [9.17, 15) is 5.21 Å². The topological polar surface area (TPSA) is 73.9 Å². The van der Waals surface area contributed by atoms with Crippen LogP contribution < -0.4 is 10.9 Å². The Kier molecular flexibility index (Phi) is 3.24. The van der Waals surface area contributed by atoms with Crippen molar-refractivity contribution < 1.29 is 5.21 Å². The Morgan fingerprint density at radius 1 is 1.50 bits per heavy atom. The van der Waals surface area contributed by atoms with Crippen molar-refractivity contribution in [3.8, 4) is 0 Å². The highest BCUT2D eigenvalue weighted by molar-refractivity contribution is 5.11. The van der Waals surface area contributed by atoms with Crippen LogP contribution in [0.4, 0.5) is 0 Å². The van der Waals surface area contributed by atoms with E-state index in [0.717, 1.165) is 23.4 Å². The molecule has 1 aromatic heterocycles. The largest absolute Gasteiger partial charge is 0.425 e. The molecule has 0 aliphatic carbocycles. The molecule has 5 nitrogen and oxygen atoms in total. The molecule has 0 spiro atoms. The Morgan fingerprint density at radius 2 is 2.31 bits per heavy atom. The van der Waals surface area contributed by atoms with Crippen molar-refractivity contribution in [2.45, 2.75) is 38.6 Å². The molecule has 88 valence electrons. The molecule has 3 N–H and O–H groups in total. The van der Waals surface area contributed by atoms with Gasteiger partial charge in [0, 0.05) is 6.04 Å². The van der Waals surface area contributed by atoms with Crippen molar-refractivity contribution in [1.29, 1.82) is 5.41 Å². The Balaban J connectivity index is 2.28. The monoisotopic (exact) mass is 222 g/mol. The van der Waals surface area contributed by atoms with Crippen molar-refractivity contribution >= 4 is 0 Å². The first-order valence-electron chi connectivity index (χ1n) is 5.76. The first-order chi connectivity index (χ1) is 7.68. The highest BCUT2D eigenvalue weighted by Gasteiger charge is 2.16. The summed E-state index contributed by atoms with van der Waals surface area (Å²) < 4.78 is 0.806. The number of hydrogen-bond acceptors (Lipinski definition) is 4. The molecule has 1 aromatic rings. The number of nitrogens with one attached hydrogen (secondary N) is 2. The average molecular weight is 222 g/mol. The van der Waals surface area contributed by atoms with Crippen LogP contribution in [0, 0.1) is 12.3 Å². The fourth-order valence-electron chi connectivity index (χ4n) is 2.10. The zero-order valence-electron chi connectivity index (χ0n) is 9.53. The Labute approximate surface area is 94.6 Å². The zero-order chi connectivity index (χ0) is 11.5. The summed E-state index contributed by atoms with van der Waals surface area (Å²) in [5.41, 5.74) is 1.43. The van der Waals surface area contributed by atoms with Crippen LogP contribution in [0.25, 0.3) is 0 Å². The maximum atomic E-state index is 9.43. The van der Waals surface area contributed by atoms with Gasteiger partial charge in [0.15, 0.2) is 0 Å². The highest BCUT2D eigenvalue weighted by atomic mass is 16.5. The molecule has 1 atom stereocenters. The molecule has 2 rings (SSSR count). The van der Waals surface area contributed by atoms with E-state index in [-0.39, 0.29) is 11.7 Å². The normalized spacial score (nSPS) is 21.7. The first-order valence-corrected chi connectivity index (χ1v) is 5.76. The summed E-state index contributed by atoms with van der Waals surface area (Å²) in [7, 11) is 0. The molecule has 0 saturated carbocycles. The minimum Gasteiger partial charge on any atom is -0.425 e. The van der Waals surface area contributed by atoms with Gasteiger partial charge in [0.25, 0.3) is 5.62 Å². The van der Waals surface area contributed by atoms with Gasteiger partial charge in [-0.25, -0.2) is 4.98 Å². The van der Waals surface area contributed by atoms with E-state index in [2.05, 4.69) is 10.3 Å². The summed E-state index contributed by atoms with van der Waals surface area (Å²) in [6, 6.07) is 2.08. The van der Waals surface area contributed by atoms with E-state index in [4.69, 9.17) is 5.41 Å². The van der Waals surface area contributed by atoms with Crippen LogP contribution in [0.1, 0.15) is 43.1 Å². The van der Waals surface area contributed by atoms with E-state index in [1.807, 2.05) is 6.07 Å². The van der Waals surface area contributed by atoms with Gasteiger partial charge < -0.3 is 10.5 Å². The van der Waals surface area contributed by atoms with Crippen LogP contribution in [0.15, 0.2) is 6.07 Å². The zero-order valence-corrected chi connectivity index (χ0v) is 9.53. The predicted molar refractivity (Wildman–Crippen MR) is 59.2 cm³/mol. The fraction of sp³-hybridized carbons (Fsp3) is 0.636. The second-order valence-electron chi connectivity index (χ2n) is 4.31. The molecule has 2 heterocycles. The van der Waals surface area contributed by atoms with Gasteiger partial charge in [0.05, 0.1) is 11.4 Å². The van der Waals surface area contributed by atoms with E-state index in [1.54, 1.807) is 6.92 Å². The van der Waals surface area contributed by atoms with Crippen LogP contribution in [0.2, 0.25) is 0 Å². The average Bonchev–Trinajstić information content (AvgIpc) is 2.53. The Bertz CT molecular complexity index is 418. The van der Waals surface area contributed by atoms with Gasteiger partial charge in [-0.05, 0) is 32.4 Å². The molecule has 0 aromatic carbocycles. The molecule has 5 heteroatoms. The minimum absolute atomic E-state index is 0.0963. The molecular weight excluding hydrogens is 204 g/mol. The predicted octanol–water partition coefficient (Wildman–Crippen LogP) is 1.11. The van der Waals surface area contributed by atoms with Gasteiger partial charge in [0.2, 0.25) is 0 Å². The van der Waals surface area contributed by atoms with Gasteiger partial charge in [-0.2, -0.15) is 4.73 Å². The fourth-order valence-corrected chi connectivity index (χ4v) is 2.10. The summed E-state index contributed by atoms with van der Waals surface area (Å²) in [5.74, 6) is 0. The lowest BCUT2D eigenvalue weighted by Gasteiger charge is -2.16. The summed E-state index contributed by atoms with van der Waals surface area (Å²) >= 11 is 0. The third kappa shape index (κ3) is 2.24. The molecule has 1 aliphatic rings. The molecule has 0 amide bonds. The number of rotatable bonds is 1. The van der Waals surface area contributed by atoms with Gasteiger partial charge in [0.1, 0.15) is 0 Å². The Morgan fingerprint density at radius 3 is 3.06 bits per heavy atom. The summed E-state index contributed by atoms with van der Waals surface area (Å²) in [5, 5.41) is 20.4. The van der Waals surface area contributed by atoms with Crippen LogP contribution in [0.5, 0.6) is 0 Å². The van der Waals surface area contributed by atoms with Crippen molar-refractivity contribution in [2.75, 3.05) is 6.54 Å². The lowest BCUT2D eigenvalue weighted by molar-refractivity contribution is 0.157. The van der Waals surface area contributed by atoms with E-state index in [0.29, 0.717) is 5.69 Å². The van der Waals surface area contributed by atoms with Gasteiger partial charge in [-0.1, -0.05) is 12.8 Å². The quantitative estimate of drug-likeness (QED) is 0.623. The maximum Gasteiger partial charge on any atom is 0.255 e. The summed E-state index contributed by atoms with van der Waals surface area (Å²) in [6.07, 6.45) is 4.71. The Hall–Kier alpha value is -1.36. The molecule has 0 radical (unpaired) electrons. The lowest BCUT2D eigenvalue weighted by atomic mass is 10.1. The van der Waals surface area contributed by atoms with E-state index in [1.165, 1.54) is 19.3 Å². The van der Waals surface area contributed by atoms with Crippen LogP contribution >= 0.6 is 0 Å². The molecule has 1 unspecified atom stereocenters.